The van der Waals surface area contributed by atoms with Crippen molar-refractivity contribution in [3.63, 3.8) is 0 Å². The van der Waals surface area contributed by atoms with Gasteiger partial charge in [0.1, 0.15) is 0 Å². The van der Waals surface area contributed by atoms with Crippen molar-refractivity contribution in [3.8, 4) is 0 Å². The maximum absolute atomic E-state index is 11.2. The Morgan fingerprint density at radius 2 is 2.00 bits per heavy atom. The van der Waals surface area contributed by atoms with Crippen LogP contribution < -0.4 is 10.2 Å². The van der Waals surface area contributed by atoms with Gasteiger partial charge in [-0.2, -0.15) is 0 Å². The van der Waals surface area contributed by atoms with Gasteiger partial charge in [-0.05, 0) is 31.2 Å². The van der Waals surface area contributed by atoms with Crippen LogP contribution in [-0.2, 0) is 4.79 Å². The van der Waals surface area contributed by atoms with Crippen molar-refractivity contribution in [3.05, 3.63) is 29.8 Å². The Morgan fingerprint density at radius 3 is 2.58 bits per heavy atom. The molecule has 2 rings (SSSR count). The second-order valence-corrected chi connectivity index (χ2v) is 4.79. The monoisotopic (exact) mass is 262 g/mol. The Labute approximate surface area is 112 Å². The average molecular weight is 262 g/mol. The molecule has 1 aliphatic rings. The van der Waals surface area contributed by atoms with Crippen molar-refractivity contribution < 1.29 is 14.7 Å². The molecular weight excluding hydrogens is 244 g/mol. The molecule has 0 aromatic heterocycles. The van der Waals surface area contributed by atoms with Gasteiger partial charge in [-0.15, -0.1) is 0 Å². The molecule has 5 nitrogen and oxygen atoms in total. The molecule has 0 amide bonds. The molecule has 1 heterocycles. The second-order valence-electron chi connectivity index (χ2n) is 4.79. The Hall–Kier alpha value is -1.88. The summed E-state index contributed by atoms with van der Waals surface area (Å²) < 4.78 is 0. The zero-order valence-corrected chi connectivity index (χ0v) is 10.9. The highest BCUT2D eigenvalue weighted by molar-refractivity contribution is 5.94. The van der Waals surface area contributed by atoms with E-state index in [4.69, 9.17) is 5.11 Å². The Balaban J connectivity index is 2.14. The van der Waals surface area contributed by atoms with E-state index >= 15 is 0 Å². The minimum atomic E-state index is -0.778. The largest absolute Gasteiger partial charge is 0.481 e. The predicted molar refractivity (Wildman–Crippen MR) is 72.7 cm³/mol. The Bertz CT molecular complexity index is 470. The molecule has 1 aromatic rings. The number of carboxylic acid groups (broad SMARTS) is 1. The van der Waals surface area contributed by atoms with Crippen molar-refractivity contribution in [2.45, 2.75) is 6.92 Å². The third kappa shape index (κ3) is 3.32. The van der Waals surface area contributed by atoms with Gasteiger partial charge >= 0.3 is 5.97 Å². The highest BCUT2D eigenvalue weighted by Gasteiger charge is 2.23. The van der Waals surface area contributed by atoms with Crippen LogP contribution in [0.2, 0.25) is 0 Å². The number of hydrogen-bond acceptors (Lipinski definition) is 4. The van der Waals surface area contributed by atoms with E-state index in [0.717, 1.165) is 18.8 Å². The SMILES string of the molecule is CC(=O)c1ccc(N2CCNCC(C(=O)O)C2)cc1. The van der Waals surface area contributed by atoms with E-state index in [1.165, 1.54) is 6.92 Å². The summed E-state index contributed by atoms with van der Waals surface area (Å²) in [6.07, 6.45) is 0. The summed E-state index contributed by atoms with van der Waals surface area (Å²) in [5.74, 6) is -1.15. The number of Topliss-reactive ketones (excluding diaryl/α,β-unsaturated/α-hetero) is 1. The first kappa shape index (κ1) is 13.5. The van der Waals surface area contributed by atoms with Crippen LogP contribution >= 0.6 is 0 Å². The first-order valence-electron chi connectivity index (χ1n) is 6.37. The first-order chi connectivity index (χ1) is 9.08. The van der Waals surface area contributed by atoms with Gasteiger partial charge in [0.25, 0.3) is 0 Å². The molecule has 2 N–H and O–H groups in total. The maximum Gasteiger partial charge on any atom is 0.309 e. The van der Waals surface area contributed by atoms with Gasteiger partial charge in [-0.1, -0.05) is 0 Å². The quantitative estimate of drug-likeness (QED) is 0.795. The van der Waals surface area contributed by atoms with E-state index in [9.17, 15) is 9.59 Å². The summed E-state index contributed by atoms with van der Waals surface area (Å²) in [6, 6.07) is 7.32. The fourth-order valence-corrected chi connectivity index (χ4v) is 2.22. The van der Waals surface area contributed by atoms with Crippen LogP contribution in [0.15, 0.2) is 24.3 Å². The summed E-state index contributed by atoms with van der Waals surface area (Å²) in [7, 11) is 0. The maximum atomic E-state index is 11.2. The molecule has 0 radical (unpaired) electrons. The van der Waals surface area contributed by atoms with Gasteiger partial charge < -0.3 is 15.3 Å². The molecule has 19 heavy (non-hydrogen) atoms. The third-order valence-electron chi connectivity index (χ3n) is 3.38. The van der Waals surface area contributed by atoms with E-state index in [1.54, 1.807) is 12.1 Å². The van der Waals surface area contributed by atoms with E-state index in [0.29, 0.717) is 18.7 Å². The van der Waals surface area contributed by atoms with Crippen LogP contribution in [0.25, 0.3) is 0 Å². The van der Waals surface area contributed by atoms with Crippen molar-refractivity contribution in [2.24, 2.45) is 5.92 Å². The van der Waals surface area contributed by atoms with Gasteiger partial charge in [0, 0.05) is 37.4 Å². The molecule has 0 aliphatic carbocycles. The average Bonchev–Trinajstić information content (AvgIpc) is 2.64. The van der Waals surface area contributed by atoms with Crippen LogP contribution in [0.3, 0.4) is 0 Å². The lowest BCUT2D eigenvalue weighted by atomic mass is 10.1. The van der Waals surface area contributed by atoms with E-state index in [1.807, 2.05) is 17.0 Å². The van der Waals surface area contributed by atoms with Crippen LogP contribution in [0, 0.1) is 5.92 Å². The number of ketones is 1. The highest BCUT2D eigenvalue weighted by atomic mass is 16.4. The number of rotatable bonds is 3. The summed E-state index contributed by atoms with van der Waals surface area (Å²) in [6.45, 7) is 4.05. The van der Waals surface area contributed by atoms with E-state index in [-0.39, 0.29) is 5.78 Å². The van der Waals surface area contributed by atoms with Crippen LogP contribution in [0.4, 0.5) is 5.69 Å². The lowest BCUT2D eigenvalue weighted by molar-refractivity contribution is -0.141. The number of carbonyl (C=O) groups excluding carboxylic acids is 1. The van der Waals surface area contributed by atoms with Gasteiger partial charge in [-0.25, -0.2) is 0 Å². The molecule has 0 saturated carbocycles. The first-order valence-corrected chi connectivity index (χ1v) is 6.37. The number of nitrogens with one attached hydrogen (secondary N) is 1. The fourth-order valence-electron chi connectivity index (χ4n) is 2.22. The zero-order chi connectivity index (χ0) is 13.8. The molecule has 1 fully saturated rings. The summed E-state index contributed by atoms with van der Waals surface area (Å²) in [4.78, 5) is 24.4. The number of nitrogens with zero attached hydrogens (tertiary/aromatic N) is 1. The number of carbonyl (C=O) groups is 2. The third-order valence-corrected chi connectivity index (χ3v) is 3.38. The molecule has 1 aromatic carbocycles. The normalized spacial score (nSPS) is 19.8. The zero-order valence-electron chi connectivity index (χ0n) is 10.9. The number of hydrogen-bond donors (Lipinski definition) is 2. The van der Waals surface area contributed by atoms with Crippen molar-refractivity contribution in [1.82, 2.24) is 5.32 Å². The van der Waals surface area contributed by atoms with Gasteiger partial charge in [-0.3, -0.25) is 9.59 Å². The smallest absolute Gasteiger partial charge is 0.309 e. The molecule has 0 bridgehead atoms. The Kier molecular flexibility index (Phi) is 4.16. The molecule has 1 saturated heterocycles. The molecule has 1 aliphatic heterocycles. The van der Waals surface area contributed by atoms with E-state index < -0.39 is 11.9 Å². The number of benzene rings is 1. The highest BCUT2D eigenvalue weighted by Crippen LogP contribution is 2.18. The topological polar surface area (TPSA) is 69.6 Å². The van der Waals surface area contributed by atoms with Gasteiger partial charge in [0.05, 0.1) is 5.92 Å². The van der Waals surface area contributed by atoms with Crippen LogP contribution in [-0.4, -0.2) is 43.0 Å². The minimum Gasteiger partial charge on any atom is -0.481 e. The molecule has 5 heteroatoms. The number of anilines is 1. The molecule has 102 valence electrons. The molecule has 0 spiro atoms. The molecule has 1 unspecified atom stereocenters. The van der Waals surface area contributed by atoms with Crippen LogP contribution in [0.1, 0.15) is 17.3 Å². The second kappa shape index (κ2) is 5.84. The van der Waals surface area contributed by atoms with Gasteiger partial charge in [0.2, 0.25) is 0 Å². The van der Waals surface area contributed by atoms with Crippen molar-refractivity contribution in [1.29, 1.82) is 0 Å². The number of carboxylic acids is 1. The Morgan fingerprint density at radius 1 is 1.32 bits per heavy atom. The minimum absolute atomic E-state index is 0.0347. The fraction of sp³-hybridized carbons (Fsp3) is 0.429. The number of aliphatic carboxylic acids is 1. The van der Waals surface area contributed by atoms with Crippen molar-refractivity contribution in [2.75, 3.05) is 31.1 Å². The summed E-state index contributed by atoms with van der Waals surface area (Å²) in [5, 5.41) is 12.3. The molecular formula is C14H18N2O3. The van der Waals surface area contributed by atoms with Crippen LogP contribution in [0.5, 0.6) is 0 Å². The standard InChI is InChI=1S/C14H18N2O3/c1-10(17)11-2-4-13(5-3-11)16-7-6-15-8-12(9-16)14(18)19/h2-5,12,15H,6-9H2,1H3,(H,18,19). The lowest BCUT2D eigenvalue weighted by Gasteiger charge is -2.24. The summed E-state index contributed by atoms with van der Waals surface area (Å²) in [5.41, 5.74) is 1.63. The molecule has 1 atom stereocenters. The van der Waals surface area contributed by atoms with Crippen molar-refractivity contribution >= 4 is 17.4 Å². The van der Waals surface area contributed by atoms with E-state index in [2.05, 4.69) is 5.32 Å². The summed E-state index contributed by atoms with van der Waals surface area (Å²) >= 11 is 0. The van der Waals surface area contributed by atoms with Gasteiger partial charge in [0.15, 0.2) is 5.78 Å². The predicted octanol–water partition coefficient (Wildman–Crippen LogP) is 1.000. The lowest BCUT2D eigenvalue weighted by Crippen LogP contribution is -2.33.